The summed E-state index contributed by atoms with van der Waals surface area (Å²) in [5.74, 6) is 1.77. The molecule has 0 fully saturated rings. The highest BCUT2D eigenvalue weighted by Crippen LogP contribution is 2.20. The summed E-state index contributed by atoms with van der Waals surface area (Å²) in [6, 6.07) is 0. The molecule has 2 atom stereocenters. The minimum atomic E-state index is -0.765. The molecule has 1 unspecified atom stereocenters. The van der Waals surface area contributed by atoms with Gasteiger partial charge in [0.15, 0.2) is 6.10 Å². The zero-order valence-corrected chi connectivity index (χ0v) is 51.9. The van der Waals surface area contributed by atoms with Gasteiger partial charge in [-0.1, -0.05) is 350 Å². The van der Waals surface area contributed by atoms with Gasteiger partial charge in [0, 0.05) is 19.3 Å². The number of carbonyl (C=O) groups excluding carboxylic acids is 3. The van der Waals surface area contributed by atoms with Crippen molar-refractivity contribution in [2.24, 2.45) is 17.8 Å². The van der Waals surface area contributed by atoms with Crippen LogP contribution in [0.5, 0.6) is 0 Å². The molecule has 0 saturated carbocycles. The number of hydrogen-bond acceptors (Lipinski definition) is 6. The molecule has 0 aromatic heterocycles. The third-order valence-corrected chi connectivity index (χ3v) is 16.3. The van der Waals surface area contributed by atoms with Crippen molar-refractivity contribution in [3.8, 4) is 0 Å². The molecule has 0 aromatic carbocycles. The Hall–Kier alpha value is -1.59. The fraction of sp³-hybridized carbons (Fsp3) is 0.957. The number of carbonyl (C=O) groups is 3. The predicted molar refractivity (Wildman–Crippen MR) is 326 cm³/mol. The molecule has 0 heterocycles. The van der Waals surface area contributed by atoms with Crippen LogP contribution in [0.15, 0.2) is 0 Å². The topological polar surface area (TPSA) is 78.9 Å². The Morgan fingerprint density at radius 2 is 0.467 bits per heavy atom. The summed E-state index contributed by atoms with van der Waals surface area (Å²) in [6.07, 6.45) is 66.8. The van der Waals surface area contributed by atoms with Crippen LogP contribution in [-0.2, 0) is 28.6 Å². The van der Waals surface area contributed by atoms with Gasteiger partial charge in [-0.2, -0.15) is 0 Å². The molecule has 6 heteroatoms. The summed E-state index contributed by atoms with van der Waals surface area (Å²) >= 11 is 0. The molecule has 0 amide bonds. The summed E-state index contributed by atoms with van der Waals surface area (Å²) in [7, 11) is 0. The van der Waals surface area contributed by atoms with E-state index in [0.717, 1.165) is 75.5 Å². The van der Waals surface area contributed by atoms with E-state index >= 15 is 0 Å². The third-order valence-electron chi connectivity index (χ3n) is 16.3. The van der Waals surface area contributed by atoms with Gasteiger partial charge < -0.3 is 14.2 Å². The lowest BCUT2D eigenvalue weighted by atomic mass is 9.99. The molecule has 0 aromatic rings. The van der Waals surface area contributed by atoms with Gasteiger partial charge in [0.2, 0.25) is 0 Å². The first-order valence-electron chi connectivity index (χ1n) is 34.1. The van der Waals surface area contributed by atoms with Gasteiger partial charge in [0.1, 0.15) is 13.2 Å². The SMILES string of the molecule is CCC(C)CCCCCCCCCCCCCCCCCCCCC(=O)O[C@@H](COC(=O)CCCCCCCCCCCCCCCCCCC(C)C)COC(=O)CCCCCCCCCCCCCCCC(C)C. The summed E-state index contributed by atoms with van der Waals surface area (Å²) < 4.78 is 17.0. The lowest BCUT2D eigenvalue weighted by molar-refractivity contribution is -0.167. The molecule has 0 aliphatic heterocycles. The van der Waals surface area contributed by atoms with Crippen molar-refractivity contribution in [3.63, 3.8) is 0 Å². The Morgan fingerprint density at radius 1 is 0.267 bits per heavy atom. The van der Waals surface area contributed by atoms with Gasteiger partial charge >= 0.3 is 17.9 Å². The van der Waals surface area contributed by atoms with Gasteiger partial charge in [-0.25, -0.2) is 0 Å². The Bertz CT molecular complexity index is 1170. The lowest BCUT2D eigenvalue weighted by Gasteiger charge is -2.18. The minimum absolute atomic E-state index is 0.0621. The Balaban J connectivity index is 4.28. The normalized spacial score (nSPS) is 12.5. The van der Waals surface area contributed by atoms with E-state index in [2.05, 4.69) is 41.5 Å². The largest absolute Gasteiger partial charge is 0.462 e. The highest BCUT2D eigenvalue weighted by Gasteiger charge is 2.20. The standard InChI is InChI=1S/C69H134O6/c1-7-65(6)57-51-45-39-33-27-21-15-10-8-9-11-17-23-30-36-42-48-54-60-69(72)75-66(62-74-68(71)59-53-47-41-35-29-24-18-20-26-32-38-44-50-56-64(4)5)61-73-67(70)58-52-46-40-34-28-22-16-13-12-14-19-25-31-37-43-49-55-63(2)3/h63-66H,7-62H2,1-6H3/t65?,66-/m0/s1. The number of hydrogen-bond donors (Lipinski definition) is 0. The molecule has 0 radical (unpaired) electrons. The van der Waals surface area contributed by atoms with E-state index in [4.69, 9.17) is 14.2 Å². The van der Waals surface area contributed by atoms with Crippen LogP contribution >= 0.6 is 0 Å². The molecule has 0 rings (SSSR count). The maximum atomic E-state index is 12.9. The average Bonchev–Trinajstić information content (AvgIpc) is 3.39. The van der Waals surface area contributed by atoms with E-state index in [1.165, 1.54) is 270 Å². The predicted octanol–water partition coefficient (Wildman–Crippen LogP) is 23.0. The van der Waals surface area contributed by atoms with Crippen LogP contribution < -0.4 is 0 Å². The van der Waals surface area contributed by atoms with Gasteiger partial charge in [-0.3, -0.25) is 14.4 Å². The van der Waals surface area contributed by atoms with E-state index in [9.17, 15) is 14.4 Å². The van der Waals surface area contributed by atoms with Gasteiger partial charge in [0.05, 0.1) is 0 Å². The number of unbranched alkanes of at least 4 members (excludes halogenated alkanes) is 44. The van der Waals surface area contributed by atoms with Crippen LogP contribution in [0.3, 0.4) is 0 Å². The highest BCUT2D eigenvalue weighted by molar-refractivity contribution is 5.71. The third kappa shape index (κ3) is 61.5. The number of esters is 3. The number of ether oxygens (including phenoxy) is 3. The maximum Gasteiger partial charge on any atom is 0.306 e. The van der Waals surface area contributed by atoms with Gasteiger partial charge in [-0.05, 0) is 37.0 Å². The molecule has 0 aliphatic carbocycles. The van der Waals surface area contributed by atoms with E-state index in [0.29, 0.717) is 19.3 Å². The Kier molecular flexibility index (Phi) is 58.8. The highest BCUT2D eigenvalue weighted by atomic mass is 16.6. The zero-order chi connectivity index (χ0) is 54.8. The van der Waals surface area contributed by atoms with Crippen molar-refractivity contribution in [1.82, 2.24) is 0 Å². The molecular formula is C69H134O6. The molecule has 6 nitrogen and oxygen atoms in total. The van der Waals surface area contributed by atoms with Crippen molar-refractivity contribution in [2.75, 3.05) is 13.2 Å². The average molecular weight is 1060 g/mol. The molecule has 75 heavy (non-hydrogen) atoms. The van der Waals surface area contributed by atoms with Gasteiger partial charge in [-0.15, -0.1) is 0 Å². The maximum absolute atomic E-state index is 12.9. The van der Waals surface area contributed by atoms with E-state index < -0.39 is 6.10 Å². The van der Waals surface area contributed by atoms with E-state index in [-0.39, 0.29) is 31.1 Å². The van der Waals surface area contributed by atoms with Crippen molar-refractivity contribution >= 4 is 17.9 Å². The minimum Gasteiger partial charge on any atom is -0.462 e. The second kappa shape index (κ2) is 60.1. The Morgan fingerprint density at radius 3 is 0.693 bits per heavy atom. The van der Waals surface area contributed by atoms with Crippen molar-refractivity contribution in [1.29, 1.82) is 0 Å². The van der Waals surface area contributed by atoms with Crippen LogP contribution in [-0.4, -0.2) is 37.2 Å². The molecule has 0 N–H and O–H groups in total. The zero-order valence-electron chi connectivity index (χ0n) is 51.9. The summed E-state index contributed by atoms with van der Waals surface area (Å²) in [5, 5.41) is 0. The molecule has 0 spiro atoms. The lowest BCUT2D eigenvalue weighted by Crippen LogP contribution is -2.30. The molecular weight excluding hydrogens is 925 g/mol. The first-order valence-corrected chi connectivity index (χ1v) is 34.1. The van der Waals surface area contributed by atoms with Crippen molar-refractivity contribution < 1.29 is 28.6 Å². The quantitative estimate of drug-likeness (QED) is 0.0343. The van der Waals surface area contributed by atoms with Crippen LogP contribution in [0.4, 0.5) is 0 Å². The molecule has 446 valence electrons. The van der Waals surface area contributed by atoms with Crippen LogP contribution in [0.2, 0.25) is 0 Å². The van der Waals surface area contributed by atoms with E-state index in [1.807, 2.05) is 0 Å². The molecule has 0 aliphatic rings. The summed E-state index contributed by atoms with van der Waals surface area (Å²) in [5.41, 5.74) is 0. The smallest absolute Gasteiger partial charge is 0.306 e. The molecule has 0 saturated heterocycles. The van der Waals surface area contributed by atoms with Crippen molar-refractivity contribution in [2.45, 2.75) is 394 Å². The first kappa shape index (κ1) is 73.4. The summed E-state index contributed by atoms with van der Waals surface area (Å²) in [4.78, 5) is 38.4. The van der Waals surface area contributed by atoms with Crippen molar-refractivity contribution in [3.05, 3.63) is 0 Å². The second-order valence-electron chi connectivity index (χ2n) is 25.0. The molecule has 0 bridgehead atoms. The van der Waals surface area contributed by atoms with E-state index in [1.54, 1.807) is 0 Å². The summed E-state index contributed by atoms with van der Waals surface area (Å²) in [6.45, 7) is 13.9. The number of rotatable bonds is 62. The fourth-order valence-corrected chi connectivity index (χ4v) is 10.7. The second-order valence-corrected chi connectivity index (χ2v) is 25.0. The van der Waals surface area contributed by atoms with Crippen LogP contribution in [0, 0.1) is 17.8 Å². The fourth-order valence-electron chi connectivity index (χ4n) is 10.7. The van der Waals surface area contributed by atoms with Crippen LogP contribution in [0.1, 0.15) is 388 Å². The monoisotopic (exact) mass is 1060 g/mol. The first-order chi connectivity index (χ1) is 36.6. The van der Waals surface area contributed by atoms with Crippen LogP contribution in [0.25, 0.3) is 0 Å². The Labute approximate surface area is 469 Å². The van der Waals surface area contributed by atoms with Gasteiger partial charge in [0.25, 0.3) is 0 Å².